The highest BCUT2D eigenvalue weighted by Gasteiger charge is 2.12. The van der Waals surface area contributed by atoms with Crippen molar-refractivity contribution in [3.8, 4) is 6.07 Å². The third-order valence-corrected chi connectivity index (χ3v) is 3.58. The fraction of sp³-hybridized carbons (Fsp3) is 0.571. The van der Waals surface area contributed by atoms with E-state index in [4.69, 9.17) is 10.00 Å². The Morgan fingerprint density at radius 3 is 2.74 bits per heavy atom. The number of ether oxygens (including phenoxy) is 1. The molecule has 1 unspecified atom stereocenters. The van der Waals surface area contributed by atoms with Crippen LogP contribution in [-0.2, 0) is 4.74 Å². The van der Waals surface area contributed by atoms with Crippen molar-refractivity contribution in [2.75, 3.05) is 12.4 Å². The Morgan fingerprint density at radius 2 is 2.16 bits per heavy atom. The highest BCUT2D eigenvalue weighted by Crippen LogP contribution is 2.24. The Morgan fingerprint density at radius 1 is 1.47 bits per heavy atom. The number of nitriles is 1. The highest BCUT2D eigenvalue weighted by atomic mass is 32.2. The normalized spacial score (nSPS) is 12.5. The average molecular weight is 280 g/mol. The molecule has 1 aromatic rings. The van der Waals surface area contributed by atoms with Gasteiger partial charge >= 0.3 is 0 Å². The molecule has 0 aliphatic rings. The smallest absolute Gasteiger partial charge is 0.114 e. The number of aryl methyl sites for hydroxylation is 2. The van der Waals surface area contributed by atoms with E-state index in [2.05, 4.69) is 11.1 Å². The molecule has 1 heterocycles. The van der Waals surface area contributed by atoms with Gasteiger partial charge in [0.1, 0.15) is 11.1 Å². The van der Waals surface area contributed by atoms with E-state index in [1.54, 1.807) is 0 Å². The molecule has 5 heteroatoms. The van der Waals surface area contributed by atoms with Crippen molar-refractivity contribution in [3.63, 3.8) is 0 Å². The molecule has 4 nitrogen and oxygen atoms in total. The number of hydrogen-bond acceptors (Lipinski definition) is 5. The van der Waals surface area contributed by atoms with Crippen molar-refractivity contribution in [3.05, 3.63) is 22.9 Å². The molecular weight excluding hydrogens is 260 g/mol. The van der Waals surface area contributed by atoms with Crippen LogP contribution in [0.4, 0.5) is 0 Å². The first kappa shape index (κ1) is 16.0. The maximum absolute atomic E-state index is 9.81. The number of rotatable bonds is 6. The minimum absolute atomic E-state index is 0.105. The lowest BCUT2D eigenvalue weighted by molar-refractivity contribution is 0.0152. The van der Waals surface area contributed by atoms with E-state index in [1.807, 2.05) is 33.8 Å². The van der Waals surface area contributed by atoms with Gasteiger partial charge in [0.25, 0.3) is 0 Å². The van der Waals surface area contributed by atoms with E-state index in [0.717, 1.165) is 11.3 Å². The summed E-state index contributed by atoms with van der Waals surface area (Å²) < 4.78 is 5.35. The molecule has 0 saturated carbocycles. The number of pyridine rings is 1. The summed E-state index contributed by atoms with van der Waals surface area (Å²) in [5.74, 6) is 0.470. The SMILES string of the molecule is Cc1cc(C)c(C#N)c(SCC(O)COC(C)C)n1. The fourth-order valence-electron chi connectivity index (χ4n) is 1.57. The minimum atomic E-state index is -0.554. The Balaban J connectivity index is 2.65. The number of thioether (sulfide) groups is 1. The Labute approximate surface area is 118 Å². The van der Waals surface area contributed by atoms with Crippen LogP contribution in [-0.4, -0.2) is 34.7 Å². The summed E-state index contributed by atoms with van der Waals surface area (Å²) in [4.78, 5) is 4.36. The lowest BCUT2D eigenvalue weighted by atomic mass is 10.1. The van der Waals surface area contributed by atoms with Gasteiger partial charge in [-0.3, -0.25) is 0 Å². The maximum atomic E-state index is 9.81. The minimum Gasteiger partial charge on any atom is -0.390 e. The molecule has 104 valence electrons. The second-order valence-electron chi connectivity index (χ2n) is 4.72. The molecule has 0 amide bonds. The largest absolute Gasteiger partial charge is 0.390 e. The Hall–Kier alpha value is -1.09. The van der Waals surface area contributed by atoms with Crippen molar-refractivity contribution >= 4 is 11.8 Å². The maximum Gasteiger partial charge on any atom is 0.114 e. The zero-order valence-electron chi connectivity index (χ0n) is 11.8. The number of hydrogen-bond donors (Lipinski definition) is 1. The van der Waals surface area contributed by atoms with Gasteiger partial charge in [0.05, 0.1) is 24.4 Å². The van der Waals surface area contributed by atoms with Crippen LogP contribution < -0.4 is 0 Å². The molecule has 0 bridgehead atoms. The summed E-state index contributed by atoms with van der Waals surface area (Å²) in [6, 6.07) is 4.06. The number of aliphatic hydroxyl groups is 1. The summed E-state index contributed by atoms with van der Waals surface area (Å²) in [7, 11) is 0. The zero-order valence-corrected chi connectivity index (χ0v) is 12.6. The van der Waals surface area contributed by atoms with Gasteiger partial charge in [-0.2, -0.15) is 5.26 Å². The van der Waals surface area contributed by atoms with Crippen molar-refractivity contribution in [1.29, 1.82) is 5.26 Å². The van der Waals surface area contributed by atoms with E-state index in [1.165, 1.54) is 11.8 Å². The van der Waals surface area contributed by atoms with E-state index >= 15 is 0 Å². The number of aromatic nitrogens is 1. The van der Waals surface area contributed by atoms with Gasteiger partial charge in [-0.25, -0.2) is 4.98 Å². The van der Waals surface area contributed by atoms with Gasteiger partial charge < -0.3 is 9.84 Å². The molecule has 0 aromatic carbocycles. The second-order valence-corrected chi connectivity index (χ2v) is 5.73. The molecule has 1 aromatic heterocycles. The molecule has 0 spiro atoms. The van der Waals surface area contributed by atoms with Crippen LogP contribution >= 0.6 is 11.8 Å². The van der Waals surface area contributed by atoms with E-state index in [0.29, 0.717) is 22.9 Å². The van der Waals surface area contributed by atoms with Crippen molar-refractivity contribution in [2.24, 2.45) is 0 Å². The van der Waals surface area contributed by atoms with Gasteiger partial charge in [0.2, 0.25) is 0 Å². The first-order valence-electron chi connectivity index (χ1n) is 6.24. The molecule has 0 saturated heterocycles. The van der Waals surface area contributed by atoms with Gasteiger partial charge in [-0.05, 0) is 39.3 Å². The van der Waals surface area contributed by atoms with Crippen molar-refractivity contribution < 1.29 is 9.84 Å². The van der Waals surface area contributed by atoms with Gasteiger partial charge in [0, 0.05) is 11.4 Å². The topological polar surface area (TPSA) is 66.1 Å². The quantitative estimate of drug-likeness (QED) is 0.811. The van der Waals surface area contributed by atoms with Crippen molar-refractivity contribution in [2.45, 2.75) is 44.9 Å². The molecule has 1 N–H and O–H groups in total. The van der Waals surface area contributed by atoms with Crippen LogP contribution in [0.25, 0.3) is 0 Å². The lowest BCUT2D eigenvalue weighted by Gasteiger charge is -2.13. The molecular formula is C14H20N2O2S. The summed E-state index contributed by atoms with van der Waals surface area (Å²) >= 11 is 1.40. The van der Waals surface area contributed by atoms with Crippen LogP contribution in [0.15, 0.2) is 11.1 Å². The number of aliphatic hydroxyl groups excluding tert-OH is 1. The van der Waals surface area contributed by atoms with Crippen LogP contribution in [0, 0.1) is 25.2 Å². The molecule has 1 rings (SSSR count). The van der Waals surface area contributed by atoms with E-state index < -0.39 is 6.10 Å². The summed E-state index contributed by atoms with van der Waals surface area (Å²) in [5.41, 5.74) is 2.39. The summed E-state index contributed by atoms with van der Waals surface area (Å²) in [5, 5.41) is 19.6. The molecule has 1 atom stereocenters. The van der Waals surface area contributed by atoms with Gasteiger partial charge in [0.15, 0.2) is 0 Å². The second kappa shape index (κ2) is 7.49. The summed E-state index contributed by atoms with van der Waals surface area (Å²) in [6.45, 7) is 7.96. The fourth-order valence-corrected chi connectivity index (χ4v) is 2.58. The summed E-state index contributed by atoms with van der Waals surface area (Å²) in [6.07, 6.45) is -0.449. The monoisotopic (exact) mass is 280 g/mol. The predicted molar refractivity (Wildman–Crippen MR) is 76.2 cm³/mol. The van der Waals surface area contributed by atoms with Gasteiger partial charge in [-0.1, -0.05) is 0 Å². The third kappa shape index (κ3) is 5.19. The van der Waals surface area contributed by atoms with Crippen molar-refractivity contribution in [1.82, 2.24) is 4.98 Å². The average Bonchev–Trinajstić information content (AvgIpc) is 2.33. The lowest BCUT2D eigenvalue weighted by Crippen LogP contribution is -2.20. The van der Waals surface area contributed by atoms with Crippen LogP contribution in [0.3, 0.4) is 0 Å². The van der Waals surface area contributed by atoms with E-state index in [9.17, 15) is 5.11 Å². The van der Waals surface area contributed by atoms with Crippen LogP contribution in [0.5, 0.6) is 0 Å². The first-order chi connectivity index (χ1) is 8.93. The molecule has 0 fully saturated rings. The Kier molecular flexibility index (Phi) is 6.29. The molecule has 19 heavy (non-hydrogen) atoms. The van der Waals surface area contributed by atoms with Crippen LogP contribution in [0.1, 0.15) is 30.7 Å². The van der Waals surface area contributed by atoms with E-state index in [-0.39, 0.29) is 6.10 Å². The van der Waals surface area contributed by atoms with Gasteiger partial charge in [-0.15, -0.1) is 11.8 Å². The molecule has 0 radical (unpaired) electrons. The number of nitrogens with zero attached hydrogens (tertiary/aromatic N) is 2. The predicted octanol–water partition coefficient (Wildman–Crippen LogP) is 2.45. The first-order valence-corrected chi connectivity index (χ1v) is 7.23. The highest BCUT2D eigenvalue weighted by molar-refractivity contribution is 7.99. The Bertz CT molecular complexity index is 469. The molecule has 0 aliphatic carbocycles. The third-order valence-electron chi connectivity index (χ3n) is 2.46. The molecule has 0 aliphatic heterocycles. The standard InChI is InChI=1S/C14H20N2O2S/c1-9(2)18-7-12(17)8-19-14-13(6-15)10(3)5-11(4)16-14/h5,9,12,17H,7-8H2,1-4H3. The van der Waals surface area contributed by atoms with Crippen LogP contribution in [0.2, 0.25) is 0 Å². The zero-order chi connectivity index (χ0) is 14.4.